The van der Waals surface area contributed by atoms with Crippen molar-refractivity contribution in [2.24, 2.45) is 0 Å². The van der Waals surface area contributed by atoms with E-state index in [2.05, 4.69) is 72.6 Å². The monoisotopic (exact) mass is 314 g/mol. The molecular formula is C20H14N2S. The van der Waals surface area contributed by atoms with E-state index in [1.807, 2.05) is 0 Å². The van der Waals surface area contributed by atoms with Gasteiger partial charge in [0.15, 0.2) is 0 Å². The first-order chi connectivity index (χ1) is 11.3. The highest BCUT2D eigenvalue weighted by Gasteiger charge is 2.10. The third kappa shape index (κ3) is 1.97. The molecule has 0 fully saturated rings. The Kier molecular flexibility index (Phi) is 2.61. The average molecular weight is 314 g/mol. The standard InChI is InChI=1S/C20H14N2S/c1-12-6-8-13(9-7-12)20-22-18-11-17-15(10-19(18)23-20)14-4-2-3-5-16(14)21-17/h2-11,21H,1H3. The minimum Gasteiger partial charge on any atom is -0.354 e. The first kappa shape index (κ1) is 12.9. The molecule has 2 nitrogen and oxygen atoms in total. The zero-order chi connectivity index (χ0) is 15.4. The van der Waals surface area contributed by atoms with Crippen molar-refractivity contribution < 1.29 is 0 Å². The van der Waals surface area contributed by atoms with Gasteiger partial charge in [0.2, 0.25) is 0 Å². The fourth-order valence-corrected chi connectivity index (χ4v) is 4.08. The highest BCUT2D eigenvalue weighted by atomic mass is 32.1. The van der Waals surface area contributed by atoms with E-state index in [0.29, 0.717) is 0 Å². The number of nitrogens with zero attached hydrogens (tertiary/aromatic N) is 1. The Morgan fingerprint density at radius 2 is 1.70 bits per heavy atom. The van der Waals surface area contributed by atoms with E-state index in [4.69, 9.17) is 4.98 Å². The van der Waals surface area contributed by atoms with Gasteiger partial charge in [0.05, 0.1) is 10.2 Å². The summed E-state index contributed by atoms with van der Waals surface area (Å²) in [6.45, 7) is 2.11. The molecule has 5 rings (SSSR count). The van der Waals surface area contributed by atoms with Gasteiger partial charge in [-0.2, -0.15) is 0 Å². The van der Waals surface area contributed by atoms with Crippen LogP contribution in [0.4, 0.5) is 0 Å². The zero-order valence-corrected chi connectivity index (χ0v) is 13.4. The summed E-state index contributed by atoms with van der Waals surface area (Å²) >= 11 is 1.76. The lowest BCUT2D eigenvalue weighted by Gasteiger charge is -1.95. The molecule has 0 aliphatic carbocycles. The predicted molar refractivity (Wildman–Crippen MR) is 99.2 cm³/mol. The van der Waals surface area contributed by atoms with Crippen LogP contribution in [0.25, 0.3) is 42.6 Å². The molecule has 3 aromatic carbocycles. The van der Waals surface area contributed by atoms with Crippen molar-refractivity contribution in [2.45, 2.75) is 6.92 Å². The molecule has 110 valence electrons. The lowest BCUT2D eigenvalue weighted by Crippen LogP contribution is -1.76. The lowest BCUT2D eigenvalue weighted by molar-refractivity contribution is 1.44. The summed E-state index contributed by atoms with van der Waals surface area (Å²) in [6.07, 6.45) is 0. The smallest absolute Gasteiger partial charge is 0.124 e. The zero-order valence-electron chi connectivity index (χ0n) is 12.6. The van der Waals surface area contributed by atoms with Crippen LogP contribution in [0, 0.1) is 6.92 Å². The number of fused-ring (bicyclic) bond motifs is 4. The molecule has 0 unspecified atom stereocenters. The van der Waals surface area contributed by atoms with Crippen molar-refractivity contribution in [1.29, 1.82) is 0 Å². The largest absolute Gasteiger partial charge is 0.354 e. The Morgan fingerprint density at radius 3 is 2.57 bits per heavy atom. The summed E-state index contributed by atoms with van der Waals surface area (Å²) in [6, 6.07) is 21.4. The van der Waals surface area contributed by atoms with Gasteiger partial charge in [-0.25, -0.2) is 4.98 Å². The quantitative estimate of drug-likeness (QED) is 0.409. The molecule has 0 aliphatic rings. The van der Waals surface area contributed by atoms with E-state index in [9.17, 15) is 0 Å². The minimum atomic E-state index is 1.06. The number of aryl methyl sites for hydroxylation is 1. The molecule has 0 radical (unpaired) electrons. The normalized spacial score (nSPS) is 11.7. The number of aromatic nitrogens is 2. The number of nitrogens with one attached hydrogen (secondary N) is 1. The molecule has 0 aliphatic heterocycles. The van der Waals surface area contributed by atoms with E-state index < -0.39 is 0 Å². The van der Waals surface area contributed by atoms with Crippen molar-refractivity contribution in [1.82, 2.24) is 9.97 Å². The topological polar surface area (TPSA) is 28.7 Å². The molecule has 2 aromatic heterocycles. The summed E-state index contributed by atoms with van der Waals surface area (Å²) in [5, 5.41) is 3.62. The first-order valence-electron chi connectivity index (χ1n) is 7.66. The van der Waals surface area contributed by atoms with Crippen LogP contribution >= 0.6 is 11.3 Å². The van der Waals surface area contributed by atoms with Gasteiger partial charge in [-0.1, -0.05) is 48.0 Å². The lowest BCUT2D eigenvalue weighted by atomic mass is 10.1. The number of rotatable bonds is 1. The van der Waals surface area contributed by atoms with Gasteiger partial charge in [0.25, 0.3) is 0 Å². The fourth-order valence-electron chi connectivity index (χ4n) is 3.09. The summed E-state index contributed by atoms with van der Waals surface area (Å²) < 4.78 is 1.23. The molecule has 0 saturated carbocycles. The molecule has 3 heteroatoms. The number of H-pyrrole nitrogens is 1. The molecule has 23 heavy (non-hydrogen) atoms. The van der Waals surface area contributed by atoms with Crippen LogP contribution in [0.1, 0.15) is 5.56 Å². The third-order valence-corrected chi connectivity index (χ3v) is 5.38. The molecule has 0 saturated heterocycles. The van der Waals surface area contributed by atoms with Crippen molar-refractivity contribution in [2.75, 3.05) is 0 Å². The van der Waals surface area contributed by atoms with Crippen molar-refractivity contribution >= 4 is 43.4 Å². The van der Waals surface area contributed by atoms with Crippen LogP contribution in [0.15, 0.2) is 60.7 Å². The molecule has 2 heterocycles. The maximum Gasteiger partial charge on any atom is 0.124 e. The second-order valence-corrected chi connectivity index (χ2v) is 6.95. The Labute approximate surface area is 137 Å². The molecule has 0 spiro atoms. The van der Waals surface area contributed by atoms with E-state index in [-0.39, 0.29) is 0 Å². The number of para-hydroxylation sites is 1. The molecule has 0 amide bonds. The van der Waals surface area contributed by atoms with Gasteiger partial charge < -0.3 is 4.98 Å². The molecule has 0 bridgehead atoms. The van der Waals surface area contributed by atoms with Crippen molar-refractivity contribution in [3.05, 3.63) is 66.2 Å². The van der Waals surface area contributed by atoms with Crippen molar-refractivity contribution in [3.63, 3.8) is 0 Å². The predicted octanol–water partition coefficient (Wildman–Crippen LogP) is 5.91. The Bertz CT molecular complexity index is 1160. The highest BCUT2D eigenvalue weighted by molar-refractivity contribution is 7.21. The second kappa shape index (κ2) is 4.67. The molecule has 5 aromatic rings. The number of hydrogen-bond acceptors (Lipinski definition) is 2. The van der Waals surface area contributed by atoms with Crippen LogP contribution in [-0.4, -0.2) is 9.97 Å². The van der Waals surface area contributed by atoms with Crippen LogP contribution < -0.4 is 0 Å². The molecular weight excluding hydrogens is 300 g/mol. The van der Waals surface area contributed by atoms with Crippen LogP contribution in [-0.2, 0) is 0 Å². The van der Waals surface area contributed by atoms with Gasteiger partial charge in [-0.05, 0) is 25.1 Å². The Morgan fingerprint density at radius 1 is 0.870 bits per heavy atom. The van der Waals surface area contributed by atoms with E-state index in [0.717, 1.165) is 16.0 Å². The van der Waals surface area contributed by atoms with Crippen molar-refractivity contribution in [3.8, 4) is 10.6 Å². The van der Waals surface area contributed by atoms with Gasteiger partial charge in [-0.3, -0.25) is 0 Å². The van der Waals surface area contributed by atoms with E-state index >= 15 is 0 Å². The van der Waals surface area contributed by atoms with Crippen LogP contribution in [0.5, 0.6) is 0 Å². The average Bonchev–Trinajstić information content (AvgIpc) is 3.13. The number of hydrogen-bond donors (Lipinski definition) is 1. The summed E-state index contributed by atoms with van der Waals surface area (Å²) in [7, 11) is 0. The first-order valence-corrected chi connectivity index (χ1v) is 8.48. The summed E-state index contributed by atoms with van der Waals surface area (Å²) in [5.41, 5.74) is 5.85. The Hall–Kier alpha value is -2.65. The highest BCUT2D eigenvalue weighted by Crippen LogP contribution is 2.35. The Balaban J connectivity index is 1.76. The maximum atomic E-state index is 4.83. The van der Waals surface area contributed by atoms with Gasteiger partial charge in [0.1, 0.15) is 5.01 Å². The van der Waals surface area contributed by atoms with E-state index in [1.165, 1.54) is 32.1 Å². The second-order valence-electron chi connectivity index (χ2n) is 5.92. The summed E-state index contributed by atoms with van der Waals surface area (Å²) in [5.74, 6) is 0. The van der Waals surface area contributed by atoms with E-state index in [1.54, 1.807) is 11.3 Å². The molecule has 1 N–H and O–H groups in total. The molecule has 0 atom stereocenters. The fraction of sp³-hybridized carbons (Fsp3) is 0.0500. The summed E-state index contributed by atoms with van der Waals surface area (Å²) in [4.78, 5) is 8.32. The van der Waals surface area contributed by atoms with Crippen LogP contribution in [0.2, 0.25) is 0 Å². The third-order valence-electron chi connectivity index (χ3n) is 4.31. The maximum absolute atomic E-state index is 4.83. The minimum absolute atomic E-state index is 1.06. The SMILES string of the molecule is Cc1ccc(-c2nc3cc4[nH]c5ccccc5c4cc3s2)cc1. The number of thiazole rings is 1. The number of aromatic amines is 1. The van der Waals surface area contributed by atoms with Gasteiger partial charge in [0, 0.05) is 27.4 Å². The van der Waals surface area contributed by atoms with Gasteiger partial charge >= 0.3 is 0 Å². The van der Waals surface area contributed by atoms with Crippen LogP contribution in [0.3, 0.4) is 0 Å². The van der Waals surface area contributed by atoms with Gasteiger partial charge in [-0.15, -0.1) is 11.3 Å². The number of benzene rings is 3.